The molecule has 20 heavy (non-hydrogen) atoms. The average Bonchev–Trinajstić information content (AvgIpc) is 2.47. The first-order chi connectivity index (χ1) is 9.44. The van der Waals surface area contributed by atoms with Crippen LogP contribution in [0.3, 0.4) is 0 Å². The first-order valence-electron chi connectivity index (χ1n) is 6.98. The minimum Gasteiger partial charge on any atom is -0.371 e. The number of rotatable bonds is 4. The maximum Gasteiger partial charge on any atom is 0.240 e. The standard InChI is InChI=1S/C14H23N3O2S/c1-11(15)12-4-3-9-17(10-12)13-5-7-14(8-6-13)20(18,19)16-2/h5-8,11-12,16H,3-4,9-10,15H2,1-2H3. The summed E-state index contributed by atoms with van der Waals surface area (Å²) in [6, 6.07) is 7.23. The molecule has 1 aromatic rings. The number of piperidine rings is 1. The predicted octanol–water partition coefficient (Wildman–Crippen LogP) is 1.16. The summed E-state index contributed by atoms with van der Waals surface area (Å²) in [7, 11) is -1.94. The summed E-state index contributed by atoms with van der Waals surface area (Å²) in [6.45, 7) is 3.99. The number of nitrogens with two attached hydrogens (primary N) is 1. The minimum absolute atomic E-state index is 0.196. The molecule has 2 rings (SSSR count). The number of hydrogen-bond donors (Lipinski definition) is 2. The molecule has 0 aliphatic carbocycles. The van der Waals surface area contributed by atoms with Crippen molar-refractivity contribution in [1.29, 1.82) is 0 Å². The van der Waals surface area contributed by atoms with E-state index < -0.39 is 10.0 Å². The van der Waals surface area contributed by atoms with Gasteiger partial charge in [0.15, 0.2) is 0 Å². The van der Waals surface area contributed by atoms with E-state index in [-0.39, 0.29) is 6.04 Å². The Morgan fingerprint density at radius 2 is 2.00 bits per heavy atom. The lowest BCUT2D eigenvalue weighted by atomic mass is 9.92. The maximum absolute atomic E-state index is 11.7. The van der Waals surface area contributed by atoms with E-state index in [1.165, 1.54) is 13.5 Å². The van der Waals surface area contributed by atoms with Gasteiger partial charge in [-0.2, -0.15) is 0 Å². The number of sulfonamides is 1. The Labute approximate surface area is 121 Å². The Balaban J connectivity index is 2.14. The smallest absolute Gasteiger partial charge is 0.240 e. The zero-order valence-electron chi connectivity index (χ0n) is 12.0. The van der Waals surface area contributed by atoms with E-state index in [9.17, 15) is 8.42 Å². The number of anilines is 1. The maximum atomic E-state index is 11.7. The van der Waals surface area contributed by atoms with Gasteiger partial charge in [-0.1, -0.05) is 0 Å². The van der Waals surface area contributed by atoms with Crippen LogP contribution in [0.1, 0.15) is 19.8 Å². The largest absolute Gasteiger partial charge is 0.371 e. The van der Waals surface area contributed by atoms with Crippen molar-refractivity contribution in [2.24, 2.45) is 11.7 Å². The van der Waals surface area contributed by atoms with Gasteiger partial charge < -0.3 is 10.6 Å². The molecule has 1 aliphatic rings. The highest BCUT2D eigenvalue weighted by Crippen LogP contribution is 2.25. The van der Waals surface area contributed by atoms with Crippen molar-refractivity contribution in [2.75, 3.05) is 25.0 Å². The summed E-state index contributed by atoms with van der Waals surface area (Å²) in [5, 5.41) is 0. The first kappa shape index (κ1) is 15.3. The monoisotopic (exact) mass is 297 g/mol. The lowest BCUT2D eigenvalue weighted by molar-refractivity contribution is 0.364. The third-order valence-corrected chi connectivity index (χ3v) is 5.41. The highest BCUT2D eigenvalue weighted by atomic mass is 32.2. The van der Waals surface area contributed by atoms with E-state index in [0.717, 1.165) is 25.2 Å². The van der Waals surface area contributed by atoms with Crippen molar-refractivity contribution in [3.05, 3.63) is 24.3 Å². The molecule has 0 bridgehead atoms. The van der Waals surface area contributed by atoms with E-state index in [4.69, 9.17) is 5.73 Å². The fourth-order valence-corrected chi connectivity index (χ4v) is 3.36. The Kier molecular flexibility index (Phi) is 4.67. The Morgan fingerprint density at radius 1 is 1.35 bits per heavy atom. The van der Waals surface area contributed by atoms with E-state index in [0.29, 0.717) is 10.8 Å². The Morgan fingerprint density at radius 3 is 2.55 bits per heavy atom. The molecule has 2 atom stereocenters. The topological polar surface area (TPSA) is 75.4 Å². The lowest BCUT2D eigenvalue weighted by Crippen LogP contribution is -2.42. The van der Waals surface area contributed by atoms with Crippen LogP contribution in [0.15, 0.2) is 29.2 Å². The van der Waals surface area contributed by atoms with Crippen LogP contribution >= 0.6 is 0 Å². The fourth-order valence-electron chi connectivity index (χ4n) is 2.63. The molecule has 6 heteroatoms. The third kappa shape index (κ3) is 3.31. The summed E-state index contributed by atoms with van der Waals surface area (Å²) in [4.78, 5) is 2.58. The van der Waals surface area contributed by atoms with Crippen molar-refractivity contribution >= 4 is 15.7 Å². The van der Waals surface area contributed by atoms with Gasteiger partial charge in [0.25, 0.3) is 0 Å². The van der Waals surface area contributed by atoms with E-state index >= 15 is 0 Å². The molecule has 1 aliphatic heterocycles. The molecule has 1 heterocycles. The molecular weight excluding hydrogens is 274 g/mol. The predicted molar refractivity (Wildman–Crippen MR) is 81.3 cm³/mol. The Hall–Kier alpha value is -1.11. The van der Waals surface area contributed by atoms with Crippen LogP contribution < -0.4 is 15.4 Å². The number of hydrogen-bond acceptors (Lipinski definition) is 4. The van der Waals surface area contributed by atoms with Crippen LogP contribution in [0.4, 0.5) is 5.69 Å². The minimum atomic E-state index is -3.36. The quantitative estimate of drug-likeness (QED) is 0.874. The first-order valence-corrected chi connectivity index (χ1v) is 8.46. The van der Waals surface area contributed by atoms with Crippen molar-refractivity contribution < 1.29 is 8.42 Å². The summed E-state index contributed by atoms with van der Waals surface area (Å²) >= 11 is 0. The highest BCUT2D eigenvalue weighted by molar-refractivity contribution is 7.89. The zero-order valence-corrected chi connectivity index (χ0v) is 12.9. The fraction of sp³-hybridized carbons (Fsp3) is 0.571. The number of nitrogens with zero attached hydrogens (tertiary/aromatic N) is 1. The second-order valence-corrected chi connectivity index (χ2v) is 7.30. The van der Waals surface area contributed by atoms with Crippen LogP contribution in [-0.4, -0.2) is 34.6 Å². The number of benzene rings is 1. The van der Waals surface area contributed by atoms with Crippen LogP contribution in [-0.2, 0) is 10.0 Å². The van der Waals surface area contributed by atoms with Crippen LogP contribution in [0, 0.1) is 5.92 Å². The SMILES string of the molecule is CNS(=O)(=O)c1ccc(N2CCCC(C(C)N)C2)cc1. The summed E-state index contributed by atoms with van der Waals surface area (Å²) in [5.41, 5.74) is 7.05. The van der Waals surface area contributed by atoms with Gasteiger partial charge in [0.1, 0.15) is 0 Å². The van der Waals surface area contributed by atoms with Gasteiger partial charge in [-0.25, -0.2) is 13.1 Å². The molecule has 0 spiro atoms. The lowest BCUT2D eigenvalue weighted by Gasteiger charge is -2.36. The molecule has 0 saturated carbocycles. The van der Waals surface area contributed by atoms with Crippen molar-refractivity contribution in [3.63, 3.8) is 0 Å². The van der Waals surface area contributed by atoms with Gasteiger partial charge in [-0.15, -0.1) is 0 Å². The van der Waals surface area contributed by atoms with Gasteiger partial charge in [-0.05, 0) is 57.0 Å². The average molecular weight is 297 g/mol. The molecule has 2 unspecified atom stereocenters. The summed E-state index contributed by atoms with van der Waals surface area (Å²) in [5.74, 6) is 0.504. The molecule has 1 fully saturated rings. The Bertz CT molecular complexity index is 540. The van der Waals surface area contributed by atoms with Gasteiger partial charge in [-0.3, -0.25) is 0 Å². The van der Waals surface area contributed by atoms with Crippen molar-refractivity contribution in [1.82, 2.24) is 4.72 Å². The molecule has 0 radical (unpaired) electrons. The van der Waals surface area contributed by atoms with Crippen molar-refractivity contribution in [2.45, 2.75) is 30.7 Å². The highest BCUT2D eigenvalue weighted by Gasteiger charge is 2.23. The van der Waals surface area contributed by atoms with Gasteiger partial charge >= 0.3 is 0 Å². The summed E-state index contributed by atoms with van der Waals surface area (Å²) < 4.78 is 25.7. The molecule has 5 nitrogen and oxygen atoms in total. The van der Waals surface area contributed by atoms with Crippen LogP contribution in [0.2, 0.25) is 0 Å². The van der Waals surface area contributed by atoms with Crippen molar-refractivity contribution in [3.8, 4) is 0 Å². The molecule has 1 saturated heterocycles. The molecule has 1 aromatic carbocycles. The summed E-state index contributed by atoms with van der Waals surface area (Å²) in [6.07, 6.45) is 2.29. The molecule has 112 valence electrons. The molecule has 3 N–H and O–H groups in total. The van der Waals surface area contributed by atoms with E-state index in [1.807, 2.05) is 12.1 Å². The zero-order chi connectivity index (χ0) is 14.8. The van der Waals surface area contributed by atoms with Gasteiger partial charge in [0.05, 0.1) is 4.90 Å². The number of nitrogens with one attached hydrogen (secondary N) is 1. The molecule has 0 amide bonds. The van der Waals surface area contributed by atoms with E-state index in [1.54, 1.807) is 12.1 Å². The molecule has 0 aromatic heterocycles. The van der Waals surface area contributed by atoms with Gasteiger partial charge in [0, 0.05) is 24.8 Å². The second-order valence-electron chi connectivity index (χ2n) is 5.41. The van der Waals surface area contributed by atoms with Crippen LogP contribution in [0.25, 0.3) is 0 Å². The van der Waals surface area contributed by atoms with E-state index in [2.05, 4.69) is 16.5 Å². The third-order valence-electron chi connectivity index (χ3n) is 3.98. The van der Waals surface area contributed by atoms with Gasteiger partial charge in [0.2, 0.25) is 10.0 Å². The molecular formula is C14H23N3O2S. The van der Waals surface area contributed by atoms with Crippen LogP contribution in [0.5, 0.6) is 0 Å². The second kappa shape index (κ2) is 6.11. The normalized spacial score (nSPS) is 21.8.